The predicted octanol–water partition coefficient (Wildman–Crippen LogP) is 3.27. The number of fused-ring (bicyclic) bond motifs is 1. The fourth-order valence-electron chi connectivity index (χ4n) is 2.28. The Morgan fingerprint density at radius 3 is 2.70 bits per heavy atom. The van der Waals surface area contributed by atoms with Gasteiger partial charge in [0.15, 0.2) is 17.3 Å². The molecule has 0 saturated carbocycles. The molecule has 0 bridgehead atoms. The number of benzene rings is 2. The Labute approximate surface area is 133 Å². The first kappa shape index (κ1) is 14.8. The predicted molar refractivity (Wildman–Crippen MR) is 86.7 cm³/mol. The highest BCUT2D eigenvalue weighted by Crippen LogP contribution is 2.32. The molecule has 2 aromatic rings. The third-order valence-electron chi connectivity index (χ3n) is 3.33. The molecule has 1 amide bonds. The van der Waals surface area contributed by atoms with Gasteiger partial charge >= 0.3 is 0 Å². The van der Waals surface area contributed by atoms with Crippen molar-refractivity contribution < 1.29 is 19.1 Å². The van der Waals surface area contributed by atoms with E-state index in [-0.39, 0.29) is 18.5 Å². The van der Waals surface area contributed by atoms with Crippen LogP contribution in [0.25, 0.3) is 6.08 Å². The first-order valence-electron chi connectivity index (χ1n) is 7.12. The van der Waals surface area contributed by atoms with E-state index in [1.54, 1.807) is 36.4 Å². The van der Waals surface area contributed by atoms with Crippen LogP contribution in [0.2, 0.25) is 0 Å². The van der Waals surface area contributed by atoms with Crippen LogP contribution in [0.4, 0.5) is 5.69 Å². The standard InChI is InChI=1S/C18H15NO4/c1-12(20)19-15-5-3-2-4-14(15)16(21)8-6-13-7-9-17-18(10-13)23-11-22-17/h2-10H,11H2,1H3,(H,19,20)/b8-6+. The number of carbonyl (C=O) groups excluding carboxylic acids is 2. The van der Waals surface area contributed by atoms with Crippen LogP contribution < -0.4 is 14.8 Å². The van der Waals surface area contributed by atoms with Gasteiger partial charge < -0.3 is 14.8 Å². The number of amides is 1. The highest BCUT2D eigenvalue weighted by molar-refractivity contribution is 6.11. The van der Waals surface area contributed by atoms with Crippen LogP contribution in [-0.2, 0) is 4.79 Å². The van der Waals surface area contributed by atoms with E-state index in [0.29, 0.717) is 22.7 Å². The van der Waals surface area contributed by atoms with Crippen LogP contribution in [0.1, 0.15) is 22.8 Å². The van der Waals surface area contributed by atoms with Gasteiger partial charge in [0.25, 0.3) is 0 Å². The lowest BCUT2D eigenvalue weighted by atomic mass is 10.1. The monoisotopic (exact) mass is 309 g/mol. The summed E-state index contributed by atoms with van der Waals surface area (Å²) in [6.07, 6.45) is 3.17. The number of rotatable bonds is 4. The van der Waals surface area contributed by atoms with Crippen molar-refractivity contribution in [2.24, 2.45) is 0 Å². The molecule has 1 aliphatic rings. The molecule has 0 unspecified atom stereocenters. The minimum atomic E-state index is -0.218. The van der Waals surface area contributed by atoms with E-state index in [1.165, 1.54) is 13.0 Å². The molecule has 23 heavy (non-hydrogen) atoms. The zero-order valence-electron chi connectivity index (χ0n) is 12.5. The molecule has 2 aromatic carbocycles. The maximum absolute atomic E-state index is 12.4. The Balaban J connectivity index is 1.80. The fourth-order valence-corrected chi connectivity index (χ4v) is 2.28. The Morgan fingerprint density at radius 1 is 1.09 bits per heavy atom. The number of ether oxygens (including phenoxy) is 2. The lowest BCUT2D eigenvalue weighted by Crippen LogP contribution is -2.09. The fraction of sp³-hybridized carbons (Fsp3) is 0.111. The second-order valence-corrected chi connectivity index (χ2v) is 5.04. The van der Waals surface area contributed by atoms with Crippen LogP contribution in [0, 0.1) is 0 Å². The van der Waals surface area contributed by atoms with Gasteiger partial charge in [0, 0.05) is 12.5 Å². The molecule has 0 radical (unpaired) electrons. The highest BCUT2D eigenvalue weighted by atomic mass is 16.7. The van der Waals surface area contributed by atoms with Crippen molar-refractivity contribution in [3.63, 3.8) is 0 Å². The number of allylic oxidation sites excluding steroid dienone is 1. The van der Waals surface area contributed by atoms with Gasteiger partial charge in [-0.3, -0.25) is 9.59 Å². The zero-order valence-corrected chi connectivity index (χ0v) is 12.5. The van der Waals surface area contributed by atoms with Crippen LogP contribution in [0.3, 0.4) is 0 Å². The molecule has 0 aromatic heterocycles. The van der Waals surface area contributed by atoms with Crippen molar-refractivity contribution in [3.05, 3.63) is 59.7 Å². The number of hydrogen-bond donors (Lipinski definition) is 1. The molecule has 1 N–H and O–H groups in total. The second-order valence-electron chi connectivity index (χ2n) is 5.04. The van der Waals surface area contributed by atoms with Gasteiger partial charge in [-0.05, 0) is 35.9 Å². The number of para-hydroxylation sites is 1. The van der Waals surface area contributed by atoms with E-state index < -0.39 is 0 Å². The largest absolute Gasteiger partial charge is 0.454 e. The zero-order chi connectivity index (χ0) is 16.2. The topological polar surface area (TPSA) is 64.6 Å². The van der Waals surface area contributed by atoms with Gasteiger partial charge in [-0.1, -0.05) is 24.3 Å². The summed E-state index contributed by atoms with van der Waals surface area (Å²) in [6.45, 7) is 1.62. The molecule has 1 heterocycles. The van der Waals surface area contributed by atoms with Crippen LogP contribution >= 0.6 is 0 Å². The molecule has 3 rings (SSSR count). The number of ketones is 1. The minimum absolute atomic E-state index is 0.188. The Hall–Kier alpha value is -3.08. The Morgan fingerprint density at radius 2 is 1.87 bits per heavy atom. The maximum Gasteiger partial charge on any atom is 0.231 e. The van der Waals surface area contributed by atoms with Gasteiger partial charge in [0.05, 0.1) is 5.69 Å². The number of nitrogens with one attached hydrogen (secondary N) is 1. The van der Waals surface area contributed by atoms with Gasteiger partial charge in [0.1, 0.15) is 0 Å². The van der Waals surface area contributed by atoms with Gasteiger partial charge in [-0.25, -0.2) is 0 Å². The van der Waals surface area contributed by atoms with Crippen molar-refractivity contribution >= 4 is 23.5 Å². The van der Waals surface area contributed by atoms with E-state index in [0.717, 1.165) is 5.56 Å². The minimum Gasteiger partial charge on any atom is -0.454 e. The average molecular weight is 309 g/mol. The summed E-state index contributed by atoms with van der Waals surface area (Å²) in [5.74, 6) is 0.958. The molecule has 5 nitrogen and oxygen atoms in total. The third-order valence-corrected chi connectivity index (χ3v) is 3.33. The van der Waals surface area contributed by atoms with Crippen molar-refractivity contribution in [2.45, 2.75) is 6.92 Å². The molecule has 0 atom stereocenters. The molecule has 5 heteroatoms. The normalized spacial score (nSPS) is 12.4. The summed E-state index contributed by atoms with van der Waals surface area (Å²) in [7, 11) is 0. The summed E-state index contributed by atoms with van der Waals surface area (Å²) < 4.78 is 10.6. The summed E-state index contributed by atoms with van der Waals surface area (Å²) in [4.78, 5) is 23.6. The van der Waals surface area contributed by atoms with Crippen molar-refractivity contribution in [1.82, 2.24) is 0 Å². The van der Waals surface area contributed by atoms with Crippen LogP contribution in [0.15, 0.2) is 48.5 Å². The molecular formula is C18H15NO4. The van der Waals surface area contributed by atoms with Gasteiger partial charge in [0.2, 0.25) is 12.7 Å². The van der Waals surface area contributed by atoms with E-state index >= 15 is 0 Å². The van der Waals surface area contributed by atoms with E-state index in [9.17, 15) is 9.59 Å². The third kappa shape index (κ3) is 3.40. The summed E-state index contributed by atoms with van der Waals surface area (Å²) in [5.41, 5.74) is 1.78. The molecule has 0 saturated heterocycles. The Kier molecular flexibility index (Phi) is 4.10. The second kappa shape index (κ2) is 6.36. The molecule has 0 fully saturated rings. The number of hydrogen-bond acceptors (Lipinski definition) is 4. The SMILES string of the molecule is CC(=O)Nc1ccccc1C(=O)/C=C/c1ccc2c(c1)OCO2. The molecule has 116 valence electrons. The average Bonchev–Trinajstić information content (AvgIpc) is 3.00. The molecule has 0 aliphatic carbocycles. The van der Waals surface area contributed by atoms with Gasteiger partial charge in [-0.15, -0.1) is 0 Å². The number of carbonyl (C=O) groups is 2. The quantitative estimate of drug-likeness (QED) is 0.695. The summed E-state index contributed by atoms with van der Waals surface area (Å²) in [5, 5.41) is 2.66. The van der Waals surface area contributed by atoms with Crippen molar-refractivity contribution in [3.8, 4) is 11.5 Å². The lowest BCUT2D eigenvalue weighted by molar-refractivity contribution is -0.114. The maximum atomic E-state index is 12.4. The molecular weight excluding hydrogens is 294 g/mol. The van der Waals surface area contributed by atoms with E-state index in [2.05, 4.69) is 5.32 Å². The van der Waals surface area contributed by atoms with Crippen molar-refractivity contribution in [2.75, 3.05) is 12.1 Å². The Bertz CT molecular complexity index is 795. The van der Waals surface area contributed by atoms with Crippen LogP contribution in [-0.4, -0.2) is 18.5 Å². The van der Waals surface area contributed by atoms with Crippen molar-refractivity contribution in [1.29, 1.82) is 0 Å². The van der Waals surface area contributed by atoms with E-state index in [4.69, 9.17) is 9.47 Å². The summed E-state index contributed by atoms with van der Waals surface area (Å²) >= 11 is 0. The smallest absolute Gasteiger partial charge is 0.231 e. The molecule has 1 aliphatic heterocycles. The lowest BCUT2D eigenvalue weighted by Gasteiger charge is -2.06. The van der Waals surface area contributed by atoms with E-state index in [1.807, 2.05) is 12.1 Å². The first-order chi connectivity index (χ1) is 11.1. The van der Waals surface area contributed by atoms with Crippen LogP contribution in [0.5, 0.6) is 11.5 Å². The number of anilines is 1. The van der Waals surface area contributed by atoms with Gasteiger partial charge in [-0.2, -0.15) is 0 Å². The molecule has 0 spiro atoms. The highest BCUT2D eigenvalue weighted by Gasteiger charge is 2.13. The first-order valence-corrected chi connectivity index (χ1v) is 7.12. The summed E-state index contributed by atoms with van der Waals surface area (Å²) in [6, 6.07) is 12.4.